The first-order chi connectivity index (χ1) is 14.5. The quantitative estimate of drug-likeness (QED) is 0.434. The van der Waals surface area contributed by atoms with Crippen LogP contribution >= 0.6 is 0 Å². The van der Waals surface area contributed by atoms with E-state index in [9.17, 15) is 22.8 Å². The van der Waals surface area contributed by atoms with E-state index in [1.54, 1.807) is 6.92 Å². The molecule has 31 heavy (non-hydrogen) atoms. The third-order valence-corrected chi connectivity index (χ3v) is 7.06. The molecule has 1 aromatic heterocycles. The number of fused-ring (bicyclic) bond motifs is 1. The average molecular weight is 453 g/mol. The lowest BCUT2D eigenvalue weighted by Crippen LogP contribution is -2.44. The number of hydrogen-bond donors (Lipinski definition) is 1. The van der Waals surface area contributed by atoms with Gasteiger partial charge in [0.2, 0.25) is 15.9 Å². The minimum Gasteiger partial charge on any atom is -0.352 e. The van der Waals surface area contributed by atoms with Gasteiger partial charge in [-0.25, -0.2) is 12.7 Å². The number of unbranched alkanes of at least 4 members (excludes halogenated alkanes) is 2. The van der Waals surface area contributed by atoms with Crippen molar-refractivity contribution in [2.45, 2.75) is 70.5 Å². The summed E-state index contributed by atoms with van der Waals surface area (Å²) >= 11 is 0. The molecular weight excluding hydrogens is 420 g/mol. The summed E-state index contributed by atoms with van der Waals surface area (Å²) in [5.74, 6) is -0.401. The van der Waals surface area contributed by atoms with E-state index in [1.165, 1.54) is 36.9 Å². The van der Waals surface area contributed by atoms with E-state index >= 15 is 0 Å². The maximum Gasteiger partial charge on any atom is 0.317 e. The Morgan fingerprint density at radius 1 is 1.06 bits per heavy atom. The minimum absolute atomic E-state index is 0.0206. The Morgan fingerprint density at radius 3 is 2.29 bits per heavy atom. The number of rotatable bonds is 10. The van der Waals surface area contributed by atoms with Crippen molar-refractivity contribution in [3.63, 3.8) is 0 Å². The van der Waals surface area contributed by atoms with E-state index in [4.69, 9.17) is 0 Å². The van der Waals surface area contributed by atoms with Crippen molar-refractivity contribution < 1.29 is 13.2 Å². The second-order valence-electron chi connectivity index (χ2n) is 7.84. The summed E-state index contributed by atoms with van der Waals surface area (Å²) in [5.41, 5.74) is -0.985. The van der Waals surface area contributed by atoms with E-state index in [0.717, 1.165) is 34.6 Å². The summed E-state index contributed by atoms with van der Waals surface area (Å²) in [6.07, 6.45) is 3.95. The molecule has 0 radical (unpaired) electrons. The van der Waals surface area contributed by atoms with Crippen LogP contribution in [0.5, 0.6) is 0 Å². The van der Waals surface area contributed by atoms with E-state index < -0.39 is 27.0 Å². The Kier molecular flexibility index (Phi) is 8.19. The maximum atomic E-state index is 12.8. The van der Waals surface area contributed by atoms with Gasteiger partial charge in [0.1, 0.15) is 6.54 Å². The number of carbonyl (C=O) groups is 1. The zero-order valence-electron chi connectivity index (χ0n) is 18.8. The summed E-state index contributed by atoms with van der Waals surface area (Å²) in [5, 5.41) is 2.86. The molecule has 9 nitrogen and oxygen atoms in total. The number of nitrogens with one attached hydrogen (secondary N) is 1. The normalized spacial score (nSPS) is 13.0. The molecule has 0 saturated heterocycles. The summed E-state index contributed by atoms with van der Waals surface area (Å²) in [6.45, 7) is 5.60. The standard InChI is InChI=1S/C21H32N4O5S/c1-6-8-9-10-15(3)22-19(26)14-25-18-13-16(31(29,30)23(4)5)11-12-17(18)24(7-2)20(27)21(25)28/h11-13,15H,6-10,14H2,1-5H3,(H,22,26). The van der Waals surface area contributed by atoms with Crippen molar-refractivity contribution in [3.05, 3.63) is 38.9 Å². The van der Waals surface area contributed by atoms with Crippen LogP contribution in [0.2, 0.25) is 0 Å². The monoisotopic (exact) mass is 452 g/mol. The predicted octanol–water partition coefficient (Wildman–Crippen LogP) is 1.52. The van der Waals surface area contributed by atoms with Gasteiger partial charge in [0, 0.05) is 26.7 Å². The smallest absolute Gasteiger partial charge is 0.317 e. The number of aryl methyl sites for hydroxylation is 1. The van der Waals surface area contributed by atoms with Crippen LogP contribution < -0.4 is 16.4 Å². The lowest BCUT2D eigenvalue weighted by molar-refractivity contribution is -0.122. The zero-order chi connectivity index (χ0) is 23.3. The summed E-state index contributed by atoms with van der Waals surface area (Å²) in [4.78, 5) is 37.9. The highest BCUT2D eigenvalue weighted by molar-refractivity contribution is 7.89. The third-order valence-electron chi connectivity index (χ3n) is 5.25. The summed E-state index contributed by atoms with van der Waals surface area (Å²) in [6, 6.07) is 4.17. The van der Waals surface area contributed by atoms with Gasteiger partial charge < -0.3 is 9.88 Å². The number of benzene rings is 1. The second-order valence-corrected chi connectivity index (χ2v) is 9.99. The largest absolute Gasteiger partial charge is 0.352 e. The van der Waals surface area contributed by atoms with E-state index in [-0.39, 0.29) is 29.5 Å². The lowest BCUT2D eigenvalue weighted by atomic mass is 10.1. The van der Waals surface area contributed by atoms with Crippen LogP contribution in [0.3, 0.4) is 0 Å². The maximum absolute atomic E-state index is 12.8. The van der Waals surface area contributed by atoms with Gasteiger partial charge in [0.15, 0.2) is 0 Å². The number of nitrogens with zero attached hydrogens (tertiary/aromatic N) is 3. The van der Waals surface area contributed by atoms with Crippen LogP contribution in [0, 0.1) is 0 Å². The molecule has 0 saturated carbocycles. The molecule has 2 rings (SSSR count). The van der Waals surface area contributed by atoms with Gasteiger partial charge in [-0.1, -0.05) is 26.2 Å². The van der Waals surface area contributed by atoms with Crippen LogP contribution in [-0.4, -0.2) is 47.9 Å². The molecule has 0 aliphatic heterocycles. The topological polar surface area (TPSA) is 110 Å². The van der Waals surface area contributed by atoms with Crippen molar-refractivity contribution in [2.24, 2.45) is 0 Å². The highest BCUT2D eigenvalue weighted by atomic mass is 32.2. The van der Waals surface area contributed by atoms with E-state index in [0.29, 0.717) is 5.52 Å². The molecule has 172 valence electrons. The fourth-order valence-electron chi connectivity index (χ4n) is 3.48. The zero-order valence-corrected chi connectivity index (χ0v) is 19.7. The first-order valence-electron chi connectivity index (χ1n) is 10.5. The van der Waals surface area contributed by atoms with Gasteiger partial charge in [-0.15, -0.1) is 0 Å². The van der Waals surface area contributed by atoms with Crippen molar-refractivity contribution in [1.82, 2.24) is 18.8 Å². The van der Waals surface area contributed by atoms with Gasteiger partial charge in [0.25, 0.3) is 0 Å². The number of hydrogen-bond acceptors (Lipinski definition) is 5. The highest BCUT2D eigenvalue weighted by Crippen LogP contribution is 2.19. The Morgan fingerprint density at radius 2 is 1.71 bits per heavy atom. The first kappa shape index (κ1) is 24.8. The Bertz CT molecular complexity index is 1160. The van der Waals surface area contributed by atoms with Crippen molar-refractivity contribution in [1.29, 1.82) is 0 Å². The molecule has 1 atom stereocenters. The fourth-order valence-corrected chi connectivity index (χ4v) is 4.40. The number of amides is 1. The Hall–Kier alpha value is -2.46. The predicted molar refractivity (Wildman–Crippen MR) is 121 cm³/mol. The molecule has 0 aliphatic rings. The van der Waals surface area contributed by atoms with E-state index in [2.05, 4.69) is 12.2 Å². The van der Waals surface area contributed by atoms with Crippen LogP contribution in [0.15, 0.2) is 32.7 Å². The third kappa shape index (κ3) is 5.43. The molecule has 1 heterocycles. The SMILES string of the molecule is CCCCCC(C)NC(=O)Cn1c(=O)c(=O)n(CC)c2ccc(S(=O)(=O)N(C)C)cc21. The Balaban J connectivity index is 2.54. The van der Waals surface area contributed by atoms with Gasteiger partial charge in [-0.05, 0) is 38.5 Å². The molecule has 0 bridgehead atoms. The van der Waals surface area contributed by atoms with Crippen LogP contribution in [0.4, 0.5) is 0 Å². The molecule has 0 aliphatic carbocycles. The number of carbonyl (C=O) groups excluding carboxylic acids is 1. The Labute approximate surface area is 182 Å². The van der Waals surface area contributed by atoms with Gasteiger partial charge in [0.05, 0.1) is 15.9 Å². The minimum atomic E-state index is -3.76. The first-order valence-corrected chi connectivity index (χ1v) is 12.0. The lowest BCUT2D eigenvalue weighted by Gasteiger charge is -2.18. The van der Waals surface area contributed by atoms with Crippen LogP contribution in [-0.2, 0) is 27.9 Å². The summed E-state index contributed by atoms with van der Waals surface area (Å²) in [7, 11) is -0.939. The van der Waals surface area contributed by atoms with Gasteiger partial charge in [-0.2, -0.15) is 0 Å². The average Bonchev–Trinajstić information content (AvgIpc) is 2.71. The second kappa shape index (κ2) is 10.2. The molecule has 1 N–H and O–H groups in total. The molecule has 2 aromatic rings. The number of aromatic nitrogens is 2. The van der Waals surface area contributed by atoms with Crippen LogP contribution in [0.25, 0.3) is 11.0 Å². The molecule has 0 spiro atoms. The van der Waals surface area contributed by atoms with Gasteiger partial charge >= 0.3 is 11.1 Å². The molecule has 1 aromatic carbocycles. The fraction of sp³-hybridized carbons (Fsp3) is 0.571. The summed E-state index contributed by atoms with van der Waals surface area (Å²) < 4.78 is 28.6. The van der Waals surface area contributed by atoms with Crippen molar-refractivity contribution in [2.75, 3.05) is 14.1 Å². The molecular formula is C21H32N4O5S. The molecule has 1 unspecified atom stereocenters. The molecule has 10 heteroatoms. The highest BCUT2D eigenvalue weighted by Gasteiger charge is 2.21. The number of sulfonamides is 1. The molecule has 1 amide bonds. The molecule has 0 fully saturated rings. The van der Waals surface area contributed by atoms with Crippen LogP contribution in [0.1, 0.15) is 46.5 Å². The van der Waals surface area contributed by atoms with Gasteiger partial charge in [-0.3, -0.25) is 19.0 Å². The van der Waals surface area contributed by atoms with Crippen molar-refractivity contribution >= 4 is 27.0 Å². The van der Waals surface area contributed by atoms with Crippen molar-refractivity contribution in [3.8, 4) is 0 Å². The van der Waals surface area contributed by atoms with E-state index in [1.807, 2.05) is 6.92 Å².